The van der Waals surface area contributed by atoms with Crippen molar-refractivity contribution < 1.29 is 18.3 Å². The molecule has 0 aliphatic heterocycles. The summed E-state index contributed by atoms with van der Waals surface area (Å²) in [7, 11) is 1.26. The first-order valence-corrected chi connectivity index (χ1v) is 4.88. The highest BCUT2D eigenvalue weighted by Crippen LogP contribution is 2.29. The summed E-state index contributed by atoms with van der Waals surface area (Å²) >= 11 is 3.08. The number of carbonyl (C=O) groups is 1. The van der Waals surface area contributed by atoms with Crippen molar-refractivity contribution in [3.05, 3.63) is 34.2 Å². The van der Waals surface area contributed by atoms with Crippen LogP contribution in [0.4, 0.5) is 4.39 Å². The summed E-state index contributed by atoms with van der Waals surface area (Å²) < 4.78 is 23.1. The number of hydrogen-bond donors (Lipinski definition) is 0. The normalized spacial score (nSPS) is 10.6. The topological polar surface area (TPSA) is 39.4 Å². The number of carbonyl (C=O) groups excluding carboxylic acids is 1. The Balaban J connectivity index is 2.66. The lowest BCUT2D eigenvalue weighted by Gasteiger charge is -1.93. The van der Waals surface area contributed by atoms with E-state index < -0.39 is 11.8 Å². The number of fused-ring (bicyclic) bond motifs is 1. The van der Waals surface area contributed by atoms with Crippen molar-refractivity contribution in [3.8, 4) is 0 Å². The molecule has 0 spiro atoms. The molecule has 0 saturated heterocycles. The zero-order valence-electron chi connectivity index (χ0n) is 7.71. The Morgan fingerprint density at radius 3 is 2.93 bits per heavy atom. The molecule has 2 aromatic rings. The predicted octanol–water partition coefficient (Wildman–Crippen LogP) is 3.12. The monoisotopic (exact) mass is 272 g/mol. The summed E-state index contributed by atoms with van der Waals surface area (Å²) in [5, 5.41) is 0.510. The summed E-state index contributed by atoms with van der Waals surface area (Å²) in [6.07, 6.45) is 0. The van der Waals surface area contributed by atoms with Crippen LogP contribution in [0.1, 0.15) is 10.6 Å². The number of benzene rings is 1. The Bertz CT molecular complexity index is 533. The lowest BCUT2D eigenvalue weighted by atomic mass is 10.2. The van der Waals surface area contributed by atoms with Crippen LogP contribution in [0.25, 0.3) is 11.0 Å². The largest absolute Gasteiger partial charge is 0.463 e. The number of esters is 1. The molecule has 1 aromatic carbocycles. The molecule has 0 N–H and O–H groups in total. The van der Waals surface area contributed by atoms with Crippen molar-refractivity contribution in [3.63, 3.8) is 0 Å². The van der Waals surface area contributed by atoms with Gasteiger partial charge in [0.15, 0.2) is 0 Å². The molecule has 0 aliphatic carbocycles. The summed E-state index contributed by atoms with van der Waals surface area (Å²) in [6, 6.07) is 4.16. The van der Waals surface area contributed by atoms with Crippen LogP contribution >= 0.6 is 15.9 Å². The van der Waals surface area contributed by atoms with Gasteiger partial charge in [0.2, 0.25) is 5.76 Å². The molecule has 0 bridgehead atoms. The molecule has 0 aliphatic rings. The van der Waals surface area contributed by atoms with Gasteiger partial charge in [0.25, 0.3) is 0 Å². The Morgan fingerprint density at radius 1 is 1.53 bits per heavy atom. The van der Waals surface area contributed by atoms with Gasteiger partial charge >= 0.3 is 5.97 Å². The van der Waals surface area contributed by atoms with Gasteiger partial charge in [-0.3, -0.25) is 0 Å². The number of rotatable bonds is 1. The average molecular weight is 273 g/mol. The van der Waals surface area contributed by atoms with E-state index in [-0.39, 0.29) is 10.2 Å². The van der Waals surface area contributed by atoms with Crippen molar-refractivity contribution in [1.82, 2.24) is 0 Å². The lowest BCUT2D eigenvalue weighted by Crippen LogP contribution is -1.97. The van der Waals surface area contributed by atoms with Crippen LogP contribution in [0.2, 0.25) is 0 Å². The van der Waals surface area contributed by atoms with Crippen LogP contribution in [0.5, 0.6) is 0 Å². The Hall–Kier alpha value is -1.36. The minimum absolute atomic E-state index is 0.0544. The quantitative estimate of drug-likeness (QED) is 0.749. The third-order valence-corrected chi connectivity index (χ3v) is 2.78. The number of halogens is 2. The van der Waals surface area contributed by atoms with Gasteiger partial charge in [0.05, 0.1) is 11.6 Å². The molecule has 0 atom stereocenters. The molecule has 1 aromatic heterocycles. The van der Waals surface area contributed by atoms with Crippen molar-refractivity contribution >= 4 is 32.9 Å². The predicted molar refractivity (Wildman–Crippen MR) is 55.2 cm³/mol. The standard InChI is InChI=1S/C10H6BrFO3/c1-14-10(13)8-4-5-7(15-8)3-2-6(12)9(5)11/h2-4H,1H3. The lowest BCUT2D eigenvalue weighted by molar-refractivity contribution is 0.0567. The first kappa shape index (κ1) is 10.2. The van der Waals surface area contributed by atoms with Crippen molar-refractivity contribution in [2.75, 3.05) is 7.11 Å². The maximum absolute atomic E-state index is 13.1. The number of methoxy groups -OCH3 is 1. The fourth-order valence-electron chi connectivity index (χ4n) is 1.25. The molecule has 0 amide bonds. The first-order valence-electron chi connectivity index (χ1n) is 4.09. The molecule has 0 fully saturated rings. The van der Waals surface area contributed by atoms with Crippen LogP contribution in [0.3, 0.4) is 0 Å². The highest BCUT2D eigenvalue weighted by Gasteiger charge is 2.15. The molecule has 3 nitrogen and oxygen atoms in total. The summed E-state index contributed by atoms with van der Waals surface area (Å²) in [6.45, 7) is 0. The second kappa shape index (κ2) is 3.66. The molecule has 15 heavy (non-hydrogen) atoms. The number of furan rings is 1. The molecule has 0 unspecified atom stereocenters. The Labute approximate surface area is 92.9 Å². The Morgan fingerprint density at radius 2 is 2.27 bits per heavy atom. The van der Waals surface area contributed by atoms with Gasteiger partial charge in [-0.15, -0.1) is 0 Å². The van der Waals surface area contributed by atoms with Gasteiger partial charge < -0.3 is 9.15 Å². The van der Waals surface area contributed by atoms with Gasteiger partial charge in [-0.1, -0.05) is 0 Å². The van der Waals surface area contributed by atoms with Gasteiger partial charge in [0, 0.05) is 11.5 Å². The SMILES string of the molecule is COC(=O)c1cc2c(Br)c(F)ccc2o1. The van der Waals surface area contributed by atoms with Crippen LogP contribution < -0.4 is 0 Å². The summed E-state index contributed by atoms with van der Waals surface area (Å²) in [4.78, 5) is 11.2. The van der Waals surface area contributed by atoms with E-state index >= 15 is 0 Å². The maximum atomic E-state index is 13.1. The maximum Gasteiger partial charge on any atom is 0.373 e. The molecule has 2 rings (SSSR count). The number of ether oxygens (including phenoxy) is 1. The van der Waals surface area contributed by atoms with Gasteiger partial charge in [0.1, 0.15) is 11.4 Å². The molecule has 0 radical (unpaired) electrons. The van der Waals surface area contributed by atoms with Crippen LogP contribution in [-0.2, 0) is 4.74 Å². The van der Waals surface area contributed by atoms with E-state index in [0.29, 0.717) is 11.0 Å². The molecule has 5 heteroatoms. The fourth-order valence-corrected chi connectivity index (χ4v) is 1.69. The molecular formula is C10H6BrFO3. The molecule has 78 valence electrons. The van der Waals surface area contributed by atoms with Crippen LogP contribution in [0.15, 0.2) is 27.1 Å². The van der Waals surface area contributed by atoms with Crippen molar-refractivity contribution in [1.29, 1.82) is 0 Å². The summed E-state index contributed by atoms with van der Waals surface area (Å²) in [5.74, 6) is -0.933. The van der Waals surface area contributed by atoms with E-state index in [1.165, 1.54) is 25.3 Å². The molecule has 1 heterocycles. The van der Waals surface area contributed by atoms with Crippen molar-refractivity contribution in [2.45, 2.75) is 0 Å². The van der Waals surface area contributed by atoms with Crippen LogP contribution in [-0.4, -0.2) is 13.1 Å². The van der Waals surface area contributed by atoms with Gasteiger partial charge in [-0.2, -0.15) is 0 Å². The van der Waals surface area contributed by atoms with E-state index in [2.05, 4.69) is 20.7 Å². The van der Waals surface area contributed by atoms with Gasteiger partial charge in [-0.25, -0.2) is 9.18 Å². The molecule has 0 saturated carbocycles. The minimum atomic E-state index is -0.585. The van der Waals surface area contributed by atoms with Gasteiger partial charge in [-0.05, 0) is 28.1 Å². The average Bonchev–Trinajstić information content (AvgIpc) is 2.67. The molecular weight excluding hydrogens is 267 g/mol. The minimum Gasteiger partial charge on any atom is -0.463 e. The highest BCUT2D eigenvalue weighted by molar-refractivity contribution is 9.10. The van der Waals surface area contributed by atoms with E-state index in [1.54, 1.807) is 0 Å². The number of hydrogen-bond acceptors (Lipinski definition) is 3. The highest BCUT2D eigenvalue weighted by atomic mass is 79.9. The second-order valence-electron chi connectivity index (χ2n) is 2.88. The first-order chi connectivity index (χ1) is 7.13. The summed E-state index contributed by atoms with van der Waals surface area (Å²) in [5.41, 5.74) is 0.434. The third kappa shape index (κ3) is 1.63. The third-order valence-electron chi connectivity index (χ3n) is 1.97. The van der Waals surface area contributed by atoms with E-state index in [9.17, 15) is 9.18 Å². The van der Waals surface area contributed by atoms with E-state index in [4.69, 9.17) is 4.42 Å². The second-order valence-corrected chi connectivity index (χ2v) is 3.67. The smallest absolute Gasteiger partial charge is 0.373 e. The van der Waals surface area contributed by atoms with Crippen molar-refractivity contribution in [2.24, 2.45) is 0 Å². The Kier molecular flexibility index (Phi) is 2.48. The zero-order valence-corrected chi connectivity index (χ0v) is 9.30. The fraction of sp³-hybridized carbons (Fsp3) is 0.100. The van der Waals surface area contributed by atoms with E-state index in [0.717, 1.165) is 0 Å². The van der Waals surface area contributed by atoms with E-state index in [1.807, 2.05) is 0 Å². The zero-order chi connectivity index (χ0) is 11.0. The van der Waals surface area contributed by atoms with Crippen LogP contribution in [0, 0.1) is 5.82 Å².